The van der Waals surface area contributed by atoms with Crippen molar-refractivity contribution in [3.63, 3.8) is 0 Å². The molecule has 0 aliphatic heterocycles. The molecule has 2 rings (SSSR count). The Balaban J connectivity index is 0.00000420. The van der Waals surface area contributed by atoms with Crippen molar-refractivity contribution in [1.82, 2.24) is 0 Å². The van der Waals surface area contributed by atoms with Crippen LogP contribution in [0, 0.1) is 10.1 Å². The van der Waals surface area contributed by atoms with Crippen LogP contribution < -0.4 is 5.32 Å². The van der Waals surface area contributed by atoms with Gasteiger partial charge in [0.15, 0.2) is 11.5 Å². The maximum absolute atomic E-state index is 12.2. The van der Waals surface area contributed by atoms with Crippen LogP contribution in [0.25, 0.3) is 0 Å². The predicted molar refractivity (Wildman–Crippen MR) is 101 cm³/mol. The van der Waals surface area contributed by atoms with E-state index in [0.29, 0.717) is 11.8 Å². The van der Waals surface area contributed by atoms with Gasteiger partial charge >= 0.3 is 48.9 Å². The van der Waals surface area contributed by atoms with Gasteiger partial charge in [0.05, 0.1) is 9.82 Å². The average molecular weight is 543 g/mol. The molecule has 0 saturated heterocycles. The average Bonchev–Trinajstić information content (AvgIpc) is 2.61. The van der Waals surface area contributed by atoms with E-state index in [1.165, 1.54) is 0 Å². The van der Waals surface area contributed by atoms with Crippen molar-refractivity contribution in [2.45, 2.75) is 17.9 Å². The first-order chi connectivity index (χ1) is 13.1. The molecule has 0 fully saturated rings. The van der Waals surface area contributed by atoms with Gasteiger partial charge in [0.25, 0.3) is 11.6 Å². The molecule has 0 saturated carbocycles. The van der Waals surface area contributed by atoms with Crippen molar-refractivity contribution < 1.29 is 27.5 Å². The van der Waals surface area contributed by atoms with Gasteiger partial charge < -0.3 is 9.87 Å². The number of nitrogens with one attached hydrogen (secondary N) is 1. The van der Waals surface area contributed by atoms with E-state index in [1.807, 2.05) is 0 Å². The summed E-state index contributed by atoms with van der Waals surface area (Å²) in [6.07, 6.45) is 0. The first-order valence-electron chi connectivity index (χ1n) is 7.61. The number of hydrogen-bond donors (Lipinski definition) is 1. The van der Waals surface area contributed by atoms with Crippen LogP contribution in [0.5, 0.6) is 0 Å². The smallest absolute Gasteiger partial charge is 0.744 e. The molecule has 146 valence electrons. The third kappa shape index (κ3) is 7.11. The number of benzene rings is 2. The number of anilines is 1. The second-order valence-electron chi connectivity index (χ2n) is 5.45. The summed E-state index contributed by atoms with van der Waals surface area (Å²) in [5, 5.41) is 20.7. The fraction of sp³-hybridized carbons (Fsp3) is 0.125. The largest absolute Gasteiger partial charge is 2.00 e. The van der Waals surface area contributed by atoms with Gasteiger partial charge in [0.1, 0.15) is 10.1 Å². The van der Waals surface area contributed by atoms with Crippen molar-refractivity contribution in [3.8, 4) is 0 Å². The second kappa shape index (κ2) is 10.7. The van der Waals surface area contributed by atoms with Crippen molar-refractivity contribution in [3.05, 3.63) is 58.6 Å². The molecule has 13 heteroatoms. The van der Waals surface area contributed by atoms with E-state index in [-0.39, 0.29) is 48.9 Å². The molecule has 1 atom stereocenters. The zero-order valence-corrected chi connectivity index (χ0v) is 20.3. The van der Waals surface area contributed by atoms with E-state index in [1.54, 1.807) is 30.3 Å². The van der Waals surface area contributed by atoms with Gasteiger partial charge in [-0.3, -0.25) is 19.7 Å². The Morgan fingerprint density at radius 3 is 2.28 bits per heavy atom. The fourth-order valence-corrected chi connectivity index (χ4v) is 2.55. The third-order valence-corrected chi connectivity index (χ3v) is 4.22. The minimum atomic E-state index is -4.91. The van der Waals surface area contributed by atoms with Gasteiger partial charge in [-0.05, 0) is 31.2 Å². The monoisotopic (exact) mass is 543 g/mol. The number of ketones is 1. The zero-order chi connectivity index (χ0) is 20.9. The molecule has 0 spiro atoms. The molecule has 0 aromatic heterocycles. The molecular weight excluding hydrogens is 530 g/mol. The SMILES string of the molecule is CC(=O)C(N=Nc1ccc(S(=O)(=O)[O-])cc1[N+](=O)[O-])C(=O)Nc1ccccc1.[Ba+2]. The molecule has 11 nitrogen and oxygen atoms in total. The van der Waals surface area contributed by atoms with Crippen molar-refractivity contribution in [2.24, 2.45) is 10.2 Å². The van der Waals surface area contributed by atoms with E-state index in [2.05, 4.69) is 15.5 Å². The first-order valence-corrected chi connectivity index (χ1v) is 9.02. The maximum Gasteiger partial charge on any atom is 2.00 e. The summed E-state index contributed by atoms with van der Waals surface area (Å²) >= 11 is 0. The summed E-state index contributed by atoms with van der Waals surface area (Å²) in [7, 11) is -4.91. The molecule has 2 aromatic carbocycles. The Bertz CT molecular complexity index is 1060. The van der Waals surface area contributed by atoms with Gasteiger partial charge in [0.2, 0.25) is 6.04 Å². The number of hydrogen-bond acceptors (Lipinski definition) is 9. The fourth-order valence-electron chi connectivity index (χ4n) is 2.06. The second-order valence-corrected chi connectivity index (χ2v) is 6.83. The number of Topliss-reactive ketones (excluding diaryl/α,β-unsaturated/α-hetero) is 1. The van der Waals surface area contributed by atoms with Gasteiger partial charge in [-0.15, -0.1) is 5.11 Å². The Labute approximate surface area is 205 Å². The molecular formula is C16H13BaN4O7S+. The number of para-hydroxylation sites is 1. The number of rotatable bonds is 7. The minimum absolute atomic E-state index is 0. The molecule has 0 bridgehead atoms. The van der Waals surface area contributed by atoms with Crippen LogP contribution in [0.15, 0.2) is 63.7 Å². The number of nitro benzene ring substituents is 1. The van der Waals surface area contributed by atoms with Crippen LogP contribution in [-0.4, -0.2) is 84.5 Å². The van der Waals surface area contributed by atoms with Crippen molar-refractivity contribution >= 4 is 87.8 Å². The van der Waals surface area contributed by atoms with E-state index in [4.69, 9.17) is 0 Å². The van der Waals surface area contributed by atoms with Crippen molar-refractivity contribution in [2.75, 3.05) is 5.32 Å². The van der Waals surface area contributed by atoms with E-state index < -0.39 is 49.0 Å². The van der Waals surface area contributed by atoms with Crippen LogP contribution in [0.1, 0.15) is 6.92 Å². The molecule has 0 radical (unpaired) electrons. The number of carbonyl (C=O) groups is 2. The minimum Gasteiger partial charge on any atom is -0.744 e. The van der Waals surface area contributed by atoms with Gasteiger partial charge in [-0.2, -0.15) is 5.11 Å². The molecule has 0 aliphatic carbocycles. The molecule has 1 N–H and O–H groups in total. The van der Waals surface area contributed by atoms with Crippen LogP contribution in [0.2, 0.25) is 0 Å². The van der Waals surface area contributed by atoms with Crippen LogP contribution in [-0.2, 0) is 19.7 Å². The van der Waals surface area contributed by atoms with Crippen LogP contribution >= 0.6 is 0 Å². The number of nitro groups is 1. The van der Waals surface area contributed by atoms with Crippen LogP contribution in [0.3, 0.4) is 0 Å². The number of azo groups is 1. The molecule has 0 aliphatic rings. The Morgan fingerprint density at radius 2 is 1.76 bits per heavy atom. The Kier molecular flexibility index (Phi) is 9.28. The molecule has 2 aromatic rings. The molecule has 1 unspecified atom stereocenters. The van der Waals surface area contributed by atoms with Gasteiger partial charge in [-0.1, -0.05) is 18.2 Å². The summed E-state index contributed by atoms with van der Waals surface area (Å²) in [6, 6.07) is 8.87. The standard InChI is InChI=1S/C16H14N4O7S.Ba/c1-10(21)15(16(22)17-11-5-3-2-4-6-11)19-18-13-8-7-12(28(25,26)27)9-14(13)20(23)24;/h2-9,15H,1H3,(H,17,22)(H,25,26,27);/q;+2/p-1. The zero-order valence-electron chi connectivity index (χ0n) is 15.0. The summed E-state index contributed by atoms with van der Waals surface area (Å²) in [5.41, 5.74) is -0.826. The maximum atomic E-state index is 12.2. The number of carbonyl (C=O) groups excluding carboxylic acids is 2. The third-order valence-electron chi connectivity index (χ3n) is 3.39. The van der Waals surface area contributed by atoms with E-state index in [9.17, 15) is 32.7 Å². The summed E-state index contributed by atoms with van der Waals surface area (Å²) < 4.78 is 33.0. The van der Waals surface area contributed by atoms with Crippen LogP contribution in [0.4, 0.5) is 17.1 Å². The predicted octanol–water partition coefficient (Wildman–Crippen LogP) is 1.80. The quantitative estimate of drug-likeness (QED) is 0.139. The van der Waals surface area contributed by atoms with Gasteiger partial charge in [0, 0.05) is 11.8 Å². The topological polar surface area (TPSA) is 171 Å². The van der Waals surface area contributed by atoms with Gasteiger partial charge in [-0.25, -0.2) is 8.42 Å². The van der Waals surface area contributed by atoms with E-state index >= 15 is 0 Å². The molecule has 1 amide bonds. The van der Waals surface area contributed by atoms with Crippen molar-refractivity contribution in [1.29, 1.82) is 0 Å². The normalized spacial score (nSPS) is 12.1. The molecule has 29 heavy (non-hydrogen) atoms. The number of amides is 1. The molecule has 0 heterocycles. The Hall–Kier alpha value is -1.94. The summed E-state index contributed by atoms with van der Waals surface area (Å²) in [6.45, 7) is 1.09. The first kappa shape index (κ1) is 25.1. The summed E-state index contributed by atoms with van der Waals surface area (Å²) in [4.78, 5) is 33.3. The Morgan fingerprint density at radius 1 is 1.14 bits per heavy atom. The number of nitrogens with zero attached hydrogens (tertiary/aromatic N) is 3. The summed E-state index contributed by atoms with van der Waals surface area (Å²) in [5.74, 6) is -1.47. The van der Waals surface area contributed by atoms with E-state index in [0.717, 1.165) is 19.1 Å².